The lowest BCUT2D eigenvalue weighted by Gasteiger charge is -2.25. The van der Waals surface area contributed by atoms with E-state index in [9.17, 15) is 9.59 Å². The van der Waals surface area contributed by atoms with Crippen LogP contribution >= 0.6 is 39.3 Å². The molecule has 1 saturated heterocycles. The molecule has 2 aliphatic rings. The van der Waals surface area contributed by atoms with Gasteiger partial charge in [-0.15, -0.1) is 0 Å². The predicted molar refractivity (Wildman–Crippen MR) is 129 cm³/mol. The number of rotatable bonds is 6. The molecule has 0 spiro atoms. The second-order valence-electron chi connectivity index (χ2n) is 7.88. The standard InChI is InChI=1S/C24H23BrClNO3S/c25-19-11-18(12-20(26)22(19)30-15-17-9-5-2-6-10-17)13-21-23(28)27(24(29)31-21)14-16-7-3-1-4-8-16/h2,5-6,9-13,16H,1,3-4,7-8,14-15H2/b21-13+. The van der Waals surface area contributed by atoms with Gasteiger partial charge in [0.25, 0.3) is 11.1 Å². The lowest BCUT2D eigenvalue weighted by Crippen LogP contribution is -2.34. The molecule has 2 aromatic rings. The van der Waals surface area contributed by atoms with Crippen LogP contribution in [0.2, 0.25) is 5.02 Å². The summed E-state index contributed by atoms with van der Waals surface area (Å²) in [6.45, 7) is 0.928. The SMILES string of the molecule is O=C1S/C(=C/c2cc(Cl)c(OCc3ccccc3)c(Br)c2)C(=O)N1CC1CCCCC1. The second-order valence-corrected chi connectivity index (χ2v) is 10.1. The van der Waals surface area contributed by atoms with Crippen molar-refractivity contribution in [3.63, 3.8) is 0 Å². The van der Waals surface area contributed by atoms with E-state index in [0.29, 0.717) is 39.2 Å². The zero-order chi connectivity index (χ0) is 21.8. The molecule has 31 heavy (non-hydrogen) atoms. The number of ether oxygens (including phenoxy) is 1. The minimum Gasteiger partial charge on any atom is -0.486 e. The van der Waals surface area contributed by atoms with Gasteiger partial charge < -0.3 is 4.74 Å². The second kappa shape index (κ2) is 10.2. The van der Waals surface area contributed by atoms with Gasteiger partial charge >= 0.3 is 0 Å². The van der Waals surface area contributed by atoms with Crippen LogP contribution in [-0.2, 0) is 11.4 Å². The number of imide groups is 1. The van der Waals surface area contributed by atoms with Crippen LogP contribution in [0, 0.1) is 5.92 Å². The molecule has 0 N–H and O–H groups in total. The van der Waals surface area contributed by atoms with Gasteiger partial charge in [-0.05, 0) is 75.8 Å². The number of thioether (sulfide) groups is 1. The Kier molecular flexibility index (Phi) is 7.41. The first-order valence-corrected chi connectivity index (χ1v) is 12.4. The number of hydrogen-bond donors (Lipinski definition) is 0. The smallest absolute Gasteiger partial charge is 0.293 e. The van der Waals surface area contributed by atoms with Gasteiger partial charge in [-0.1, -0.05) is 61.2 Å². The van der Waals surface area contributed by atoms with Gasteiger partial charge in [-0.3, -0.25) is 14.5 Å². The Bertz CT molecular complexity index is 982. The summed E-state index contributed by atoms with van der Waals surface area (Å²) in [4.78, 5) is 27.1. The van der Waals surface area contributed by atoms with Crippen LogP contribution in [0.15, 0.2) is 51.8 Å². The number of carbonyl (C=O) groups excluding carboxylic acids is 2. The van der Waals surface area contributed by atoms with Crippen LogP contribution < -0.4 is 4.74 Å². The molecule has 1 saturated carbocycles. The van der Waals surface area contributed by atoms with E-state index in [4.69, 9.17) is 16.3 Å². The van der Waals surface area contributed by atoms with Crippen molar-refractivity contribution in [3.05, 3.63) is 68.0 Å². The van der Waals surface area contributed by atoms with Crippen molar-refractivity contribution < 1.29 is 14.3 Å². The van der Waals surface area contributed by atoms with Crippen LogP contribution in [0.4, 0.5) is 4.79 Å². The molecule has 0 bridgehead atoms. The van der Waals surface area contributed by atoms with Crippen molar-refractivity contribution in [2.45, 2.75) is 38.7 Å². The fourth-order valence-corrected chi connectivity index (χ4v) is 5.80. The molecular formula is C24H23BrClNO3S. The van der Waals surface area contributed by atoms with Gasteiger partial charge in [0.2, 0.25) is 0 Å². The van der Waals surface area contributed by atoms with Crippen molar-refractivity contribution in [1.82, 2.24) is 4.90 Å². The molecule has 2 fully saturated rings. The Balaban J connectivity index is 1.46. The average Bonchev–Trinajstić information content (AvgIpc) is 3.02. The quantitative estimate of drug-likeness (QED) is 0.375. The molecule has 162 valence electrons. The molecule has 2 aromatic carbocycles. The maximum atomic E-state index is 12.8. The van der Waals surface area contributed by atoms with E-state index in [1.165, 1.54) is 24.2 Å². The maximum absolute atomic E-state index is 12.8. The van der Waals surface area contributed by atoms with Gasteiger partial charge in [-0.25, -0.2) is 0 Å². The summed E-state index contributed by atoms with van der Waals surface area (Å²) in [6, 6.07) is 13.4. The highest BCUT2D eigenvalue weighted by molar-refractivity contribution is 9.10. The third-order valence-corrected chi connectivity index (χ3v) is 7.36. The Morgan fingerprint density at radius 1 is 1.13 bits per heavy atom. The topological polar surface area (TPSA) is 46.6 Å². The third kappa shape index (κ3) is 5.54. The lowest BCUT2D eigenvalue weighted by atomic mass is 9.89. The van der Waals surface area contributed by atoms with E-state index in [1.54, 1.807) is 12.1 Å². The van der Waals surface area contributed by atoms with Crippen LogP contribution in [0.5, 0.6) is 5.75 Å². The highest BCUT2D eigenvalue weighted by Crippen LogP contribution is 2.38. The Hall–Kier alpha value is -1.76. The van der Waals surface area contributed by atoms with E-state index in [-0.39, 0.29) is 11.1 Å². The van der Waals surface area contributed by atoms with Crippen LogP contribution in [0.25, 0.3) is 6.08 Å². The normalized spacial score (nSPS) is 18.8. The number of benzene rings is 2. The third-order valence-electron chi connectivity index (χ3n) is 5.58. The average molecular weight is 521 g/mol. The molecule has 1 heterocycles. The number of carbonyl (C=O) groups is 2. The van der Waals surface area contributed by atoms with Crippen molar-refractivity contribution in [1.29, 1.82) is 0 Å². The van der Waals surface area contributed by atoms with Crippen LogP contribution in [0.1, 0.15) is 43.2 Å². The fraction of sp³-hybridized carbons (Fsp3) is 0.333. The Morgan fingerprint density at radius 3 is 2.58 bits per heavy atom. The van der Waals surface area contributed by atoms with Gasteiger partial charge in [-0.2, -0.15) is 0 Å². The van der Waals surface area contributed by atoms with Gasteiger partial charge in [0.05, 0.1) is 14.4 Å². The first-order valence-electron chi connectivity index (χ1n) is 10.4. The van der Waals surface area contributed by atoms with Crippen LogP contribution in [0.3, 0.4) is 0 Å². The Labute approximate surface area is 200 Å². The molecule has 0 aromatic heterocycles. The van der Waals surface area contributed by atoms with E-state index >= 15 is 0 Å². The van der Waals surface area contributed by atoms with Crippen molar-refractivity contribution in [2.75, 3.05) is 6.54 Å². The summed E-state index contributed by atoms with van der Waals surface area (Å²) in [6.07, 6.45) is 7.52. The highest BCUT2D eigenvalue weighted by Gasteiger charge is 2.36. The van der Waals surface area contributed by atoms with E-state index in [0.717, 1.165) is 35.7 Å². The monoisotopic (exact) mass is 519 g/mol. The summed E-state index contributed by atoms with van der Waals surface area (Å²) in [5, 5.41) is 0.257. The maximum Gasteiger partial charge on any atom is 0.293 e. The van der Waals surface area contributed by atoms with Crippen LogP contribution in [-0.4, -0.2) is 22.6 Å². The molecule has 0 atom stereocenters. The zero-order valence-electron chi connectivity index (χ0n) is 17.0. The number of hydrogen-bond acceptors (Lipinski definition) is 4. The molecule has 1 aliphatic heterocycles. The summed E-state index contributed by atoms with van der Waals surface area (Å²) in [5.41, 5.74) is 1.79. The highest BCUT2D eigenvalue weighted by atomic mass is 79.9. The fourth-order valence-electron chi connectivity index (χ4n) is 3.97. The zero-order valence-corrected chi connectivity index (χ0v) is 20.1. The molecule has 1 aliphatic carbocycles. The van der Waals surface area contributed by atoms with Gasteiger partial charge in [0.15, 0.2) is 5.75 Å². The molecule has 7 heteroatoms. The summed E-state index contributed by atoms with van der Waals surface area (Å²) < 4.78 is 6.58. The van der Waals surface area contributed by atoms with E-state index < -0.39 is 0 Å². The van der Waals surface area contributed by atoms with Gasteiger partial charge in [0, 0.05) is 6.54 Å². The molecule has 0 radical (unpaired) electrons. The molecular weight excluding hydrogens is 498 g/mol. The number of halogens is 2. The van der Waals surface area contributed by atoms with Crippen molar-refractivity contribution >= 4 is 56.5 Å². The van der Waals surface area contributed by atoms with Gasteiger partial charge in [0.1, 0.15) is 6.61 Å². The molecule has 4 nitrogen and oxygen atoms in total. The van der Waals surface area contributed by atoms with Crippen molar-refractivity contribution in [3.8, 4) is 5.75 Å². The number of amides is 2. The Morgan fingerprint density at radius 2 is 1.87 bits per heavy atom. The van der Waals surface area contributed by atoms with E-state index in [1.807, 2.05) is 36.4 Å². The summed E-state index contributed by atoms with van der Waals surface area (Å²) in [5.74, 6) is 0.761. The minimum atomic E-state index is -0.211. The first kappa shape index (κ1) is 22.4. The molecule has 0 unspecified atom stereocenters. The molecule has 2 amide bonds. The number of nitrogens with zero attached hydrogens (tertiary/aromatic N) is 1. The lowest BCUT2D eigenvalue weighted by molar-refractivity contribution is -0.123. The molecule has 4 rings (SSSR count). The summed E-state index contributed by atoms with van der Waals surface area (Å²) in [7, 11) is 0. The largest absolute Gasteiger partial charge is 0.486 e. The van der Waals surface area contributed by atoms with Crippen molar-refractivity contribution in [2.24, 2.45) is 5.92 Å². The first-order chi connectivity index (χ1) is 15.0. The predicted octanol–water partition coefficient (Wildman–Crippen LogP) is 7.30. The summed E-state index contributed by atoms with van der Waals surface area (Å²) >= 11 is 11.0. The van der Waals surface area contributed by atoms with E-state index in [2.05, 4.69) is 15.9 Å². The minimum absolute atomic E-state index is 0.185.